The predicted molar refractivity (Wildman–Crippen MR) is 188 cm³/mol. The van der Waals surface area contributed by atoms with Crippen molar-refractivity contribution in [3.63, 3.8) is 0 Å². The largest absolute Gasteiger partial charge is 0.474 e. The lowest BCUT2D eigenvalue weighted by Gasteiger charge is -2.37. The van der Waals surface area contributed by atoms with Crippen LogP contribution in [0.1, 0.15) is 27.7 Å². The zero-order chi connectivity index (χ0) is 37.8. The highest BCUT2D eigenvalue weighted by Gasteiger charge is 2.44. The van der Waals surface area contributed by atoms with Gasteiger partial charge in [0.1, 0.15) is 29.2 Å². The zero-order valence-corrected chi connectivity index (χ0v) is 28.7. The quantitative estimate of drug-likeness (QED) is 0.132. The predicted octanol–water partition coefficient (Wildman–Crippen LogP) is 5.76. The first-order valence-corrected chi connectivity index (χ1v) is 15.5. The minimum absolute atomic E-state index is 0.0515. The molecule has 0 saturated heterocycles. The van der Waals surface area contributed by atoms with Gasteiger partial charge in [-0.25, -0.2) is 34.7 Å². The number of nitrogens with zero attached hydrogens (tertiary/aromatic N) is 9. The second-order valence-electron chi connectivity index (χ2n) is 11.8. The van der Waals surface area contributed by atoms with Gasteiger partial charge in [0, 0.05) is 24.5 Å². The Bertz CT molecular complexity index is 2130. The van der Waals surface area contributed by atoms with Crippen LogP contribution in [0.3, 0.4) is 0 Å². The van der Waals surface area contributed by atoms with E-state index in [1.165, 1.54) is 46.5 Å². The summed E-state index contributed by atoms with van der Waals surface area (Å²) in [5, 5.41) is 21.0. The number of pyridine rings is 5. The maximum Gasteiger partial charge on any atom is 0.287 e. The van der Waals surface area contributed by atoms with Crippen molar-refractivity contribution < 1.29 is 28.9 Å². The molecule has 2 amide bonds. The first-order chi connectivity index (χ1) is 24.6. The summed E-state index contributed by atoms with van der Waals surface area (Å²) in [6.45, 7) is 6.72. The van der Waals surface area contributed by atoms with Gasteiger partial charge in [0.2, 0.25) is 0 Å². The fraction of sp³-hybridized carbons (Fsp3) is 0.182. The molecular formula is C33H29ClN10O8. The van der Waals surface area contributed by atoms with Gasteiger partial charge in [-0.2, -0.15) is 0 Å². The van der Waals surface area contributed by atoms with Crippen molar-refractivity contribution >= 4 is 63.7 Å². The Balaban J connectivity index is 0.000000161. The Labute approximate surface area is 300 Å². The molecule has 18 nitrogen and oxygen atoms in total. The standard InChI is InChI=1S/C14H12N4O4.C14H14N4O2.C5H3ClN2O2/c1-14(2)13(19)17(12-10(22-14)4-3-7-15-12)11-6-5-9(8-16-11)18(20)21;1-14(2)13(19)18(11-6-5-9(15)8-17-11)12-10(20-14)4-3-7-16-12;6-5-2-1-4(3-7-5)8(9)10/h3-8H,1-2H3;3-8H,15H2,1-2H3;1-3H. The van der Waals surface area contributed by atoms with Crippen LogP contribution in [0.15, 0.2) is 91.6 Å². The third kappa shape index (κ3) is 7.81. The maximum absolute atomic E-state index is 12.6. The molecule has 0 unspecified atom stereocenters. The smallest absolute Gasteiger partial charge is 0.287 e. The van der Waals surface area contributed by atoms with E-state index >= 15 is 0 Å². The van der Waals surface area contributed by atoms with Crippen molar-refractivity contribution in [2.75, 3.05) is 15.5 Å². The number of nitrogen functional groups attached to an aromatic ring is 1. The van der Waals surface area contributed by atoms with Gasteiger partial charge < -0.3 is 15.2 Å². The number of fused-ring (bicyclic) bond motifs is 2. The lowest BCUT2D eigenvalue weighted by molar-refractivity contribution is -0.385. The van der Waals surface area contributed by atoms with E-state index in [1.807, 2.05) is 0 Å². The van der Waals surface area contributed by atoms with Gasteiger partial charge in [-0.3, -0.25) is 29.8 Å². The molecule has 5 aromatic rings. The average Bonchev–Trinajstić information content (AvgIpc) is 3.10. The lowest BCUT2D eigenvalue weighted by atomic mass is 10.1. The number of hydrogen-bond donors (Lipinski definition) is 1. The Morgan fingerprint density at radius 1 is 0.654 bits per heavy atom. The Hall–Kier alpha value is -6.82. The van der Waals surface area contributed by atoms with Crippen LogP contribution in [0.4, 0.5) is 40.3 Å². The molecule has 2 aliphatic rings. The minimum atomic E-state index is -1.08. The second-order valence-corrected chi connectivity index (χ2v) is 12.2. The number of nitrogens with two attached hydrogens (primary N) is 1. The summed E-state index contributed by atoms with van der Waals surface area (Å²) in [5.41, 5.74) is 3.91. The molecule has 0 spiro atoms. The number of rotatable bonds is 4. The molecule has 0 atom stereocenters. The number of anilines is 5. The van der Waals surface area contributed by atoms with Crippen LogP contribution in [0.25, 0.3) is 0 Å². The molecule has 266 valence electrons. The highest BCUT2D eigenvalue weighted by Crippen LogP contribution is 2.40. The summed E-state index contributed by atoms with van der Waals surface area (Å²) in [5.74, 6) is 1.92. The lowest BCUT2D eigenvalue weighted by Crippen LogP contribution is -2.51. The molecule has 0 fully saturated rings. The van der Waals surface area contributed by atoms with Crippen LogP contribution in [0, 0.1) is 20.2 Å². The van der Waals surface area contributed by atoms with Gasteiger partial charge in [0.15, 0.2) is 34.3 Å². The number of aromatic nitrogens is 5. The molecule has 2 aliphatic heterocycles. The van der Waals surface area contributed by atoms with Gasteiger partial charge >= 0.3 is 0 Å². The van der Waals surface area contributed by atoms with Crippen LogP contribution in [-0.2, 0) is 9.59 Å². The van der Waals surface area contributed by atoms with Gasteiger partial charge in [-0.05, 0) is 76.2 Å². The monoisotopic (exact) mass is 728 g/mol. The van der Waals surface area contributed by atoms with Crippen molar-refractivity contribution in [2.24, 2.45) is 0 Å². The van der Waals surface area contributed by atoms with E-state index in [-0.39, 0.29) is 34.2 Å². The molecule has 7 heterocycles. The topological polar surface area (TPSA) is 236 Å². The number of amides is 2. The van der Waals surface area contributed by atoms with Crippen molar-refractivity contribution in [2.45, 2.75) is 38.9 Å². The number of nitro groups is 2. The molecule has 0 aliphatic carbocycles. The van der Waals surface area contributed by atoms with Crippen LogP contribution in [0.5, 0.6) is 11.5 Å². The van der Waals surface area contributed by atoms with E-state index in [4.69, 9.17) is 26.8 Å². The average molecular weight is 729 g/mol. The molecule has 52 heavy (non-hydrogen) atoms. The SMILES string of the molecule is CC1(C)Oc2cccnc2N(c2ccc(N)cn2)C1=O.CC1(C)Oc2cccnc2N(c2ccc([N+](=O)[O-])cn2)C1=O.O=[N+]([O-])c1ccc(Cl)nc1. The Morgan fingerprint density at radius 2 is 1.10 bits per heavy atom. The van der Waals surface area contributed by atoms with Crippen LogP contribution >= 0.6 is 11.6 Å². The number of ether oxygens (including phenoxy) is 2. The molecule has 0 bridgehead atoms. The number of carbonyl (C=O) groups is 2. The minimum Gasteiger partial charge on any atom is -0.474 e. The highest BCUT2D eigenvalue weighted by atomic mass is 35.5. The van der Waals surface area contributed by atoms with Gasteiger partial charge in [-0.1, -0.05) is 11.6 Å². The summed E-state index contributed by atoms with van der Waals surface area (Å²) in [6, 6.07) is 15.7. The van der Waals surface area contributed by atoms with Gasteiger partial charge in [0.25, 0.3) is 23.2 Å². The summed E-state index contributed by atoms with van der Waals surface area (Å²) < 4.78 is 11.4. The molecule has 5 aromatic heterocycles. The summed E-state index contributed by atoms with van der Waals surface area (Å²) in [4.78, 5) is 67.7. The normalized spacial score (nSPS) is 14.9. The molecule has 0 aromatic carbocycles. The molecule has 7 rings (SSSR count). The summed E-state index contributed by atoms with van der Waals surface area (Å²) >= 11 is 5.38. The molecular weight excluding hydrogens is 700 g/mol. The highest BCUT2D eigenvalue weighted by molar-refractivity contribution is 6.29. The van der Waals surface area contributed by atoms with Crippen molar-refractivity contribution in [1.82, 2.24) is 24.9 Å². The molecule has 2 N–H and O–H groups in total. The summed E-state index contributed by atoms with van der Waals surface area (Å²) in [7, 11) is 0. The van der Waals surface area contributed by atoms with Gasteiger partial charge in [0.05, 0.1) is 21.7 Å². The van der Waals surface area contributed by atoms with E-state index in [9.17, 15) is 29.8 Å². The molecule has 19 heteroatoms. The fourth-order valence-corrected chi connectivity index (χ4v) is 4.79. The van der Waals surface area contributed by atoms with E-state index in [2.05, 4.69) is 24.9 Å². The van der Waals surface area contributed by atoms with E-state index in [0.29, 0.717) is 34.6 Å². The third-order valence-corrected chi connectivity index (χ3v) is 7.41. The van der Waals surface area contributed by atoms with Gasteiger partial charge in [-0.15, -0.1) is 0 Å². The number of hydrogen-bond acceptors (Lipinski definition) is 14. The Morgan fingerprint density at radius 3 is 1.48 bits per heavy atom. The van der Waals surface area contributed by atoms with Crippen LogP contribution in [-0.4, -0.2) is 57.8 Å². The van der Waals surface area contributed by atoms with Crippen LogP contribution in [0.2, 0.25) is 5.15 Å². The van der Waals surface area contributed by atoms with E-state index in [0.717, 1.165) is 12.4 Å². The maximum atomic E-state index is 12.6. The van der Waals surface area contributed by atoms with Crippen molar-refractivity contribution in [1.29, 1.82) is 0 Å². The fourth-order valence-electron chi connectivity index (χ4n) is 4.68. The number of halogens is 1. The van der Waals surface area contributed by atoms with Crippen molar-refractivity contribution in [3.8, 4) is 11.5 Å². The van der Waals surface area contributed by atoms with E-state index in [1.54, 1.807) is 70.3 Å². The van der Waals surface area contributed by atoms with Crippen LogP contribution < -0.4 is 25.0 Å². The third-order valence-electron chi connectivity index (χ3n) is 7.19. The first-order valence-electron chi connectivity index (χ1n) is 15.1. The zero-order valence-electron chi connectivity index (χ0n) is 27.9. The Kier molecular flexibility index (Phi) is 10.2. The summed E-state index contributed by atoms with van der Waals surface area (Å²) in [6.07, 6.45) is 6.87. The molecule has 0 radical (unpaired) electrons. The second kappa shape index (κ2) is 14.6. The van der Waals surface area contributed by atoms with E-state index < -0.39 is 21.0 Å². The number of carbonyl (C=O) groups excluding carboxylic acids is 2. The first kappa shape index (κ1) is 36.5. The van der Waals surface area contributed by atoms with Crippen molar-refractivity contribution in [3.05, 3.63) is 117 Å². The molecule has 0 saturated carbocycles.